The second kappa shape index (κ2) is 8.65. The molecule has 5 N–H and O–H groups in total. The second-order valence-corrected chi connectivity index (χ2v) is 9.32. The topological polar surface area (TPSA) is 120 Å². The van der Waals surface area contributed by atoms with Gasteiger partial charge in [-0.2, -0.15) is 0 Å². The van der Waals surface area contributed by atoms with E-state index in [-0.39, 0.29) is 10.6 Å². The highest BCUT2D eigenvalue weighted by atomic mass is 79.9. The first kappa shape index (κ1) is 22.1. The Bertz CT molecular complexity index is 832. The van der Waals surface area contributed by atoms with Crippen molar-refractivity contribution in [1.82, 2.24) is 0 Å². The Morgan fingerprint density at radius 3 is 2.54 bits per heavy atom. The molecule has 154 valence electrons. The summed E-state index contributed by atoms with van der Waals surface area (Å²) in [5.74, 6) is -1.87. The summed E-state index contributed by atoms with van der Waals surface area (Å²) in [6, 6.07) is 8.10. The summed E-state index contributed by atoms with van der Waals surface area (Å²) in [4.78, 5) is 0.645. The molecular weight excluding hydrogens is 476 g/mol. The van der Waals surface area contributed by atoms with Crippen molar-refractivity contribution in [3.63, 3.8) is 0 Å². The molecule has 28 heavy (non-hydrogen) atoms. The minimum atomic E-state index is -1.87. The highest BCUT2D eigenvalue weighted by Crippen LogP contribution is 2.42. The molecule has 1 aromatic carbocycles. The summed E-state index contributed by atoms with van der Waals surface area (Å²) >= 11 is 11.0. The molecule has 0 aliphatic carbocycles. The molecule has 1 aliphatic heterocycles. The highest BCUT2D eigenvalue weighted by Gasteiger charge is 2.55. The fourth-order valence-corrected chi connectivity index (χ4v) is 4.91. The van der Waals surface area contributed by atoms with E-state index in [9.17, 15) is 25.5 Å². The lowest BCUT2D eigenvalue weighted by Crippen LogP contribution is -2.64. The van der Waals surface area contributed by atoms with Crippen LogP contribution in [0.25, 0.3) is 0 Å². The molecule has 2 unspecified atom stereocenters. The molecule has 0 amide bonds. The van der Waals surface area contributed by atoms with Gasteiger partial charge in [-0.25, -0.2) is 0 Å². The van der Waals surface area contributed by atoms with Crippen LogP contribution in [0.1, 0.15) is 22.1 Å². The van der Waals surface area contributed by atoms with E-state index in [1.54, 1.807) is 12.1 Å². The van der Waals surface area contributed by atoms with Gasteiger partial charge in [0.2, 0.25) is 5.79 Å². The zero-order valence-corrected chi connectivity index (χ0v) is 17.9. The van der Waals surface area contributed by atoms with Crippen LogP contribution in [-0.2, 0) is 15.3 Å². The minimum absolute atomic E-state index is 0.265. The summed E-state index contributed by atoms with van der Waals surface area (Å²) in [7, 11) is 1.27. The zero-order valence-electron chi connectivity index (χ0n) is 14.7. The number of halogens is 2. The van der Waals surface area contributed by atoms with E-state index in [2.05, 4.69) is 15.9 Å². The minimum Gasteiger partial charge on any atom is -0.394 e. The molecule has 0 bridgehead atoms. The normalized spacial score (nSPS) is 31.7. The molecule has 6 atom stereocenters. The number of thiophene rings is 1. The van der Waals surface area contributed by atoms with Crippen molar-refractivity contribution in [3.05, 3.63) is 55.1 Å². The Morgan fingerprint density at radius 1 is 1.25 bits per heavy atom. The van der Waals surface area contributed by atoms with Crippen LogP contribution in [0, 0.1) is 0 Å². The van der Waals surface area contributed by atoms with Gasteiger partial charge in [0, 0.05) is 28.1 Å². The van der Waals surface area contributed by atoms with Gasteiger partial charge >= 0.3 is 0 Å². The molecule has 1 saturated heterocycles. The zero-order chi connectivity index (χ0) is 20.6. The van der Waals surface area contributed by atoms with Gasteiger partial charge in [-0.05, 0) is 40.2 Å². The van der Waals surface area contributed by atoms with Gasteiger partial charge in [0.1, 0.15) is 30.5 Å². The van der Waals surface area contributed by atoms with Crippen molar-refractivity contribution in [3.8, 4) is 0 Å². The highest BCUT2D eigenvalue weighted by molar-refractivity contribution is 9.11. The molecule has 0 spiro atoms. The smallest absolute Gasteiger partial charge is 0.224 e. The maximum Gasteiger partial charge on any atom is 0.224 e. The van der Waals surface area contributed by atoms with Gasteiger partial charge in [-0.1, -0.05) is 17.7 Å². The first-order chi connectivity index (χ1) is 13.2. The Labute approximate surface area is 178 Å². The predicted molar refractivity (Wildman–Crippen MR) is 106 cm³/mol. The first-order valence-corrected chi connectivity index (χ1v) is 10.3. The maximum absolute atomic E-state index is 10.8. The van der Waals surface area contributed by atoms with Crippen molar-refractivity contribution >= 4 is 38.9 Å². The maximum atomic E-state index is 10.8. The van der Waals surface area contributed by atoms with Crippen LogP contribution < -0.4 is 0 Å². The molecule has 1 aromatic heterocycles. The van der Waals surface area contributed by atoms with Crippen LogP contribution in [0.2, 0.25) is 5.02 Å². The van der Waals surface area contributed by atoms with Gasteiger partial charge in [-0.15, -0.1) is 11.3 Å². The number of hydrogen-bond donors (Lipinski definition) is 5. The van der Waals surface area contributed by atoms with E-state index < -0.39 is 42.9 Å². The van der Waals surface area contributed by atoms with Gasteiger partial charge in [0.15, 0.2) is 0 Å². The number of methoxy groups -OCH3 is 1. The largest absolute Gasteiger partial charge is 0.394 e. The lowest BCUT2D eigenvalue weighted by atomic mass is 9.87. The van der Waals surface area contributed by atoms with E-state index in [0.29, 0.717) is 10.4 Å². The molecule has 1 fully saturated rings. The van der Waals surface area contributed by atoms with E-state index in [4.69, 9.17) is 21.1 Å². The van der Waals surface area contributed by atoms with E-state index in [1.165, 1.54) is 36.6 Å². The lowest BCUT2D eigenvalue weighted by Gasteiger charge is -2.47. The molecule has 7 nitrogen and oxygen atoms in total. The van der Waals surface area contributed by atoms with E-state index >= 15 is 0 Å². The Balaban J connectivity index is 2.06. The fraction of sp³-hybridized carbons (Fsp3) is 0.444. The second-order valence-electron chi connectivity index (χ2n) is 6.42. The average Bonchev–Trinajstić information content (AvgIpc) is 3.13. The standard InChI is InChI=1S/C18H20BrClO7S/c1-26-18(17(25)16(24)15(23)11(7-21)27-18)8-2-3-10(20)9(6-8)14(22)12-4-5-13(19)28-12/h2-6,11,14-17,21-25H,7H2,1H3/t11-,14?,15-,16+,17-,18?/m1/s1. The average molecular weight is 496 g/mol. The molecule has 10 heteroatoms. The SMILES string of the molecule is COC1(c2ccc(Cl)c(C(O)c3ccc(Br)s3)c2)O[C@H](CO)[C@@H](O)[C@H](O)[C@H]1O. The fourth-order valence-electron chi connectivity index (χ4n) is 3.27. The van der Waals surface area contributed by atoms with Gasteiger partial charge < -0.3 is 35.0 Å². The van der Waals surface area contributed by atoms with Crippen molar-refractivity contribution in [2.24, 2.45) is 0 Å². The van der Waals surface area contributed by atoms with E-state index in [0.717, 1.165) is 3.79 Å². The third-order valence-electron chi connectivity index (χ3n) is 4.81. The number of rotatable bonds is 5. The Kier molecular flexibility index (Phi) is 6.83. The third kappa shape index (κ3) is 3.77. The summed E-state index contributed by atoms with van der Waals surface area (Å²) in [6.07, 6.45) is -7.00. The van der Waals surface area contributed by atoms with Crippen molar-refractivity contribution < 1.29 is 35.0 Å². The number of aliphatic hydroxyl groups is 5. The van der Waals surface area contributed by atoms with Crippen molar-refractivity contribution in [1.29, 1.82) is 0 Å². The Morgan fingerprint density at radius 2 is 1.96 bits per heavy atom. The van der Waals surface area contributed by atoms with Crippen LogP contribution in [0.4, 0.5) is 0 Å². The van der Waals surface area contributed by atoms with Gasteiger partial charge in [0.05, 0.1) is 10.4 Å². The number of ether oxygens (including phenoxy) is 2. The van der Waals surface area contributed by atoms with Crippen molar-refractivity contribution in [2.75, 3.05) is 13.7 Å². The number of benzene rings is 1. The summed E-state index contributed by atoms with van der Waals surface area (Å²) in [5.41, 5.74) is 0.614. The van der Waals surface area contributed by atoms with Crippen LogP contribution in [-0.4, -0.2) is 63.7 Å². The molecule has 1 aliphatic rings. The lowest BCUT2D eigenvalue weighted by molar-refractivity contribution is -0.366. The van der Waals surface area contributed by atoms with Crippen LogP contribution in [0.5, 0.6) is 0 Å². The molecule has 3 rings (SSSR count). The van der Waals surface area contributed by atoms with Crippen LogP contribution in [0.3, 0.4) is 0 Å². The van der Waals surface area contributed by atoms with Crippen molar-refractivity contribution in [2.45, 2.75) is 36.3 Å². The molecular formula is C18H20BrClO7S. The monoisotopic (exact) mass is 494 g/mol. The summed E-state index contributed by atoms with van der Waals surface area (Å²) < 4.78 is 11.9. The predicted octanol–water partition coefficient (Wildman–Crippen LogP) is 1.52. The Hall–Kier alpha value is -0.590. The molecule has 0 saturated carbocycles. The first-order valence-electron chi connectivity index (χ1n) is 8.36. The van der Waals surface area contributed by atoms with Crippen LogP contribution >= 0.6 is 38.9 Å². The van der Waals surface area contributed by atoms with Gasteiger partial charge in [0.25, 0.3) is 0 Å². The molecule has 2 heterocycles. The molecule has 0 radical (unpaired) electrons. The third-order valence-corrected chi connectivity index (χ3v) is 6.83. The van der Waals surface area contributed by atoms with E-state index in [1.807, 2.05) is 0 Å². The summed E-state index contributed by atoms with van der Waals surface area (Å²) in [6.45, 7) is -0.595. The quantitative estimate of drug-likeness (QED) is 0.427. The molecule has 2 aromatic rings. The van der Waals surface area contributed by atoms with Gasteiger partial charge in [-0.3, -0.25) is 0 Å². The number of aliphatic hydroxyl groups excluding tert-OH is 5. The number of hydrogen-bond acceptors (Lipinski definition) is 8. The van der Waals surface area contributed by atoms with Crippen LogP contribution in [0.15, 0.2) is 34.1 Å². The summed E-state index contributed by atoms with van der Waals surface area (Å²) in [5, 5.41) is 51.4.